The van der Waals surface area contributed by atoms with Gasteiger partial charge in [0.1, 0.15) is 12.6 Å². The fourth-order valence-corrected chi connectivity index (χ4v) is 5.14. The first-order valence-electron chi connectivity index (χ1n) is 11.2. The molecular formula is C25H26N2O6. The number of nitrogens with one attached hydrogen (secondary N) is 1. The van der Waals surface area contributed by atoms with Gasteiger partial charge in [-0.05, 0) is 34.6 Å². The first kappa shape index (κ1) is 21.5. The lowest BCUT2D eigenvalue weighted by molar-refractivity contribution is -0.148. The fourth-order valence-electron chi connectivity index (χ4n) is 5.14. The predicted molar refractivity (Wildman–Crippen MR) is 118 cm³/mol. The van der Waals surface area contributed by atoms with Crippen LogP contribution < -0.4 is 5.32 Å². The summed E-state index contributed by atoms with van der Waals surface area (Å²) in [5.74, 6) is -1.77. The summed E-state index contributed by atoms with van der Waals surface area (Å²) in [6.45, 7) is 0.554. The zero-order valence-electron chi connectivity index (χ0n) is 18.0. The van der Waals surface area contributed by atoms with E-state index in [0.717, 1.165) is 22.3 Å². The zero-order valence-corrected chi connectivity index (χ0v) is 18.0. The summed E-state index contributed by atoms with van der Waals surface area (Å²) in [5, 5.41) is 21.8. The van der Waals surface area contributed by atoms with Crippen molar-refractivity contribution in [2.45, 2.75) is 30.9 Å². The average molecular weight is 450 g/mol. The van der Waals surface area contributed by atoms with Gasteiger partial charge in [0.2, 0.25) is 5.91 Å². The van der Waals surface area contributed by atoms with Crippen LogP contribution in [-0.2, 0) is 14.3 Å². The van der Waals surface area contributed by atoms with E-state index in [-0.39, 0.29) is 43.2 Å². The Morgan fingerprint density at radius 1 is 1.00 bits per heavy atom. The van der Waals surface area contributed by atoms with Gasteiger partial charge in [0.25, 0.3) is 0 Å². The number of aliphatic hydroxyl groups is 1. The Kier molecular flexibility index (Phi) is 5.54. The van der Waals surface area contributed by atoms with Crippen molar-refractivity contribution in [2.75, 3.05) is 19.7 Å². The number of carboxylic acid groups (broad SMARTS) is 1. The molecule has 1 aliphatic heterocycles. The predicted octanol–water partition coefficient (Wildman–Crippen LogP) is 2.21. The van der Waals surface area contributed by atoms with Crippen LogP contribution in [-0.4, -0.2) is 64.9 Å². The molecule has 2 amide bonds. The monoisotopic (exact) mass is 450 g/mol. The van der Waals surface area contributed by atoms with Crippen molar-refractivity contribution in [3.05, 3.63) is 59.7 Å². The number of hydrogen-bond acceptors (Lipinski definition) is 5. The molecule has 3 N–H and O–H groups in total. The fraction of sp³-hybridized carbons (Fsp3) is 0.400. The minimum atomic E-state index is -1.10. The topological polar surface area (TPSA) is 116 Å². The van der Waals surface area contributed by atoms with Gasteiger partial charge in [0.15, 0.2) is 0 Å². The van der Waals surface area contributed by atoms with E-state index in [1.807, 2.05) is 24.3 Å². The van der Waals surface area contributed by atoms with E-state index in [4.69, 9.17) is 4.74 Å². The molecule has 2 aliphatic carbocycles. The number of nitrogens with zero attached hydrogens (tertiary/aromatic N) is 1. The van der Waals surface area contributed by atoms with Crippen LogP contribution in [0.5, 0.6) is 0 Å². The van der Waals surface area contributed by atoms with Crippen LogP contribution in [0.15, 0.2) is 48.5 Å². The molecule has 5 rings (SSSR count). The number of benzene rings is 2. The van der Waals surface area contributed by atoms with E-state index in [0.29, 0.717) is 13.0 Å². The number of amides is 2. The Morgan fingerprint density at radius 3 is 2.27 bits per heavy atom. The maximum absolute atomic E-state index is 12.7. The Labute approximate surface area is 191 Å². The number of β-amino-alcohol motifs (C(OH)–C–C–N with tert-alkyl or cyclic N) is 1. The van der Waals surface area contributed by atoms with Crippen molar-refractivity contribution < 1.29 is 29.3 Å². The molecule has 4 atom stereocenters. The molecule has 0 radical (unpaired) electrons. The largest absolute Gasteiger partial charge is 0.480 e. The molecular weight excluding hydrogens is 424 g/mol. The SMILES string of the molecule is O=C(NCC1CC1C(=O)N1C[C@@H](O)C[C@H]1C(=O)O)OCC1c2ccccc2-c2ccccc21. The molecule has 0 bridgehead atoms. The van der Waals surface area contributed by atoms with Crippen molar-refractivity contribution in [1.82, 2.24) is 10.2 Å². The van der Waals surface area contributed by atoms with Crippen molar-refractivity contribution in [2.24, 2.45) is 11.8 Å². The number of alkyl carbamates (subject to hydrolysis) is 1. The van der Waals surface area contributed by atoms with Crippen molar-refractivity contribution in [3.8, 4) is 11.1 Å². The lowest BCUT2D eigenvalue weighted by Crippen LogP contribution is -2.42. The first-order chi connectivity index (χ1) is 15.9. The number of likely N-dealkylation sites (tertiary alicyclic amines) is 1. The third-order valence-corrected chi connectivity index (χ3v) is 6.94. The smallest absolute Gasteiger partial charge is 0.407 e. The van der Waals surface area contributed by atoms with Crippen molar-refractivity contribution >= 4 is 18.0 Å². The van der Waals surface area contributed by atoms with Gasteiger partial charge in [-0.1, -0.05) is 48.5 Å². The second kappa shape index (κ2) is 8.51. The summed E-state index contributed by atoms with van der Waals surface area (Å²) in [7, 11) is 0. The summed E-state index contributed by atoms with van der Waals surface area (Å²) >= 11 is 0. The third kappa shape index (κ3) is 4.06. The van der Waals surface area contributed by atoms with E-state index in [9.17, 15) is 24.6 Å². The van der Waals surface area contributed by atoms with Gasteiger partial charge in [-0.15, -0.1) is 0 Å². The zero-order chi connectivity index (χ0) is 23.1. The van der Waals surface area contributed by atoms with Crippen LogP contribution in [0.1, 0.15) is 29.9 Å². The molecule has 2 aromatic rings. The van der Waals surface area contributed by atoms with Gasteiger partial charge in [-0.2, -0.15) is 0 Å². The van der Waals surface area contributed by atoms with Gasteiger partial charge < -0.3 is 25.2 Å². The highest BCUT2D eigenvalue weighted by atomic mass is 16.5. The van der Waals surface area contributed by atoms with E-state index in [1.54, 1.807) is 0 Å². The molecule has 0 aromatic heterocycles. The standard InChI is InChI=1S/C25H26N2O6/c28-15-10-22(24(30)31)27(12-15)23(29)20-9-14(20)11-26-25(32)33-13-21-18-7-3-1-5-16(18)17-6-2-4-8-19(17)21/h1-8,14-15,20-22,28H,9-13H2,(H,26,32)(H,30,31)/t14?,15-,20?,22-/m0/s1. The Balaban J connectivity index is 1.12. The molecule has 1 saturated carbocycles. The van der Waals surface area contributed by atoms with Crippen LogP contribution in [0.25, 0.3) is 11.1 Å². The van der Waals surface area contributed by atoms with E-state index >= 15 is 0 Å². The van der Waals surface area contributed by atoms with Crippen molar-refractivity contribution in [1.29, 1.82) is 0 Å². The number of aliphatic carboxylic acids is 1. The summed E-state index contributed by atoms with van der Waals surface area (Å²) in [6, 6.07) is 15.2. The Bertz CT molecular complexity index is 1060. The molecule has 8 heteroatoms. The number of fused-ring (bicyclic) bond motifs is 3. The van der Waals surface area contributed by atoms with Gasteiger partial charge in [-0.25, -0.2) is 9.59 Å². The Hall–Kier alpha value is -3.39. The summed E-state index contributed by atoms with van der Waals surface area (Å²) in [5.41, 5.74) is 4.60. The van der Waals surface area contributed by atoms with Gasteiger partial charge in [0, 0.05) is 31.3 Å². The summed E-state index contributed by atoms with van der Waals surface area (Å²) in [6.07, 6.45) is -0.709. The summed E-state index contributed by atoms with van der Waals surface area (Å²) in [4.78, 5) is 37.6. The molecule has 1 saturated heterocycles. The number of rotatable bonds is 6. The number of aliphatic hydroxyl groups excluding tert-OH is 1. The Morgan fingerprint density at radius 2 is 1.64 bits per heavy atom. The maximum atomic E-state index is 12.7. The van der Waals surface area contributed by atoms with Crippen LogP contribution >= 0.6 is 0 Å². The highest BCUT2D eigenvalue weighted by molar-refractivity contribution is 5.87. The van der Waals surface area contributed by atoms with Crippen molar-refractivity contribution in [3.63, 3.8) is 0 Å². The second-order valence-electron chi connectivity index (χ2n) is 9.04. The van der Waals surface area contributed by atoms with E-state index in [1.165, 1.54) is 4.90 Å². The molecule has 2 fully saturated rings. The molecule has 0 spiro atoms. The lowest BCUT2D eigenvalue weighted by Gasteiger charge is -2.21. The molecule has 3 aliphatic rings. The lowest BCUT2D eigenvalue weighted by atomic mass is 9.98. The van der Waals surface area contributed by atoms with Crippen LogP contribution in [0.2, 0.25) is 0 Å². The van der Waals surface area contributed by atoms with Crippen LogP contribution in [0, 0.1) is 11.8 Å². The maximum Gasteiger partial charge on any atom is 0.407 e. The normalized spacial score (nSPS) is 25.3. The number of carboxylic acids is 1. The van der Waals surface area contributed by atoms with Gasteiger partial charge in [0.05, 0.1) is 6.10 Å². The molecule has 33 heavy (non-hydrogen) atoms. The van der Waals surface area contributed by atoms with E-state index in [2.05, 4.69) is 29.6 Å². The van der Waals surface area contributed by atoms with Crippen LogP contribution in [0.4, 0.5) is 4.79 Å². The van der Waals surface area contributed by atoms with Gasteiger partial charge >= 0.3 is 12.1 Å². The number of carbonyl (C=O) groups excluding carboxylic acids is 2. The second-order valence-corrected chi connectivity index (χ2v) is 9.04. The minimum Gasteiger partial charge on any atom is -0.480 e. The first-order valence-corrected chi connectivity index (χ1v) is 11.2. The van der Waals surface area contributed by atoms with Crippen LogP contribution in [0.3, 0.4) is 0 Å². The average Bonchev–Trinajstić information content (AvgIpc) is 3.38. The number of ether oxygens (including phenoxy) is 1. The summed E-state index contributed by atoms with van der Waals surface area (Å²) < 4.78 is 5.52. The molecule has 1 heterocycles. The third-order valence-electron chi connectivity index (χ3n) is 6.94. The molecule has 2 aromatic carbocycles. The highest BCUT2D eigenvalue weighted by Gasteiger charge is 2.49. The van der Waals surface area contributed by atoms with E-state index < -0.39 is 24.2 Å². The molecule has 172 valence electrons. The number of carbonyl (C=O) groups is 3. The minimum absolute atomic E-state index is 0.0204. The molecule has 8 nitrogen and oxygen atoms in total. The van der Waals surface area contributed by atoms with Gasteiger partial charge in [-0.3, -0.25) is 4.79 Å². The molecule has 2 unspecified atom stereocenters. The highest BCUT2D eigenvalue weighted by Crippen LogP contribution is 2.44. The quantitative estimate of drug-likeness (QED) is 0.621. The number of hydrogen-bond donors (Lipinski definition) is 3.